The van der Waals surface area contributed by atoms with Crippen LogP contribution < -0.4 is 16.6 Å². The molecule has 2 heterocycles. The standard InChI is InChI=1S/C14H13N5OS/c1-8-2-3-10-11(6-8)21-14(17-10)18-13(20)9-4-5-16-12(7-9)19-15/h2-7H,15H2,1H3,(H,16,19)(H,17,18,20). The van der Waals surface area contributed by atoms with Gasteiger partial charge in [0.25, 0.3) is 5.91 Å². The second-order valence-electron chi connectivity index (χ2n) is 4.52. The van der Waals surface area contributed by atoms with Crippen molar-refractivity contribution in [3.05, 3.63) is 47.7 Å². The Morgan fingerprint density at radius 2 is 2.14 bits per heavy atom. The number of rotatable bonds is 3. The lowest BCUT2D eigenvalue weighted by Gasteiger charge is -2.03. The smallest absolute Gasteiger partial charge is 0.257 e. The number of nitrogen functional groups attached to an aromatic ring is 1. The molecule has 0 fully saturated rings. The number of nitrogens with two attached hydrogens (primary N) is 1. The molecule has 0 atom stereocenters. The molecule has 0 aliphatic heterocycles. The molecule has 0 saturated carbocycles. The average molecular weight is 299 g/mol. The molecule has 0 unspecified atom stereocenters. The zero-order valence-electron chi connectivity index (χ0n) is 11.3. The molecular weight excluding hydrogens is 286 g/mol. The minimum Gasteiger partial charge on any atom is -0.308 e. The second-order valence-corrected chi connectivity index (χ2v) is 5.55. The molecule has 0 radical (unpaired) electrons. The van der Waals surface area contributed by atoms with Gasteiger partial charge in [-0.3, -0.25) is 10.1 Å². The van der Waals surface area contributed by atoms with Crippen LogP contribution in [0.25, 0.3) is 10.2 Å². The van der Waals surface area contributed by atoms with Crippen LogP contribution in [0.2, 0.25) is 0 Å². The number of nitrogens with one attached hydrogen (secondary N) is 2. The van der Waals surface area contributed by atoms with E-state index in [1.807, 2.05) is 25.1 Å². The minimum atomic E-state index is -0.246. The Morgan fingerprint density at radius 3 is 2.95 bits per heavy atom. The molecule has 0 aliphatic carbocycles. The summed E-state index contributed by atoms with van der Waals surface area (Å²) >= 11 is 1.45. The number of anilines is 2. The number of aryl methyl sites for hydroxylation is 1. The van der Waals surface area contributed by atoms with Crippen LogP contribution in [0, 0.1) is 6.92 Å². The highest BCUT2D eigenvalue weighted by Crippen LogP contribution is 2.27. The van der Waals surface area contributed by atoms with E-state index < -0.39 is 0 Å². The third-order valence-corrected chi connectivity index (χ3v) is 3.87. The summed E-state index contributed by atoms with van der Waals surface area (Å²) in [6, 6.07) is 9.18. The van der Waals surface area contributed by atoms with Crippen molar-refractivity contribution in [3.63, 3.8) is 0 Å². The molecule has 4 N–H and O–H groups in total. The van der Waals surface area contributed by atoms with Gasteiger partial charge in [-0.25, -0.2) is 15.8 Å². The first-order valence-electron chi connectivity index (χ1n) is 6.27. The summed E-state index contributed by atoms with van der Waals surface area (Å²) in [7, 11) is 0. The number of aromatic nitrogens is 2. The number of thiazole rings is 1. The summed E-state index contributed by atoms with van der Waals surface area (Å²) in [4.78, 5) is 20.5. The van der Waals surface area contributed by atoms with Gasteiger partial charge in [0.2, 0.25) is 0 Å². The molecule has 0 bridgehead atoms. The lowest BCUT2D eigenvalue weighted by atomic mass is 10.2. The van der Waals surface area contributed by atoms with Gasteiger partial charge >= 0.3 is 0 Å². The molecule has 1 amide bonds. The van der Waals surface area contributed by atoms with E-state index in [4.69, 9.17) is 5.84 Å². The normalized spacial score (nSPS) is 10.6. The predicted molar refractivity (Wildman–Crippen MR) is 84.4 cm³/mol. The predicted octanol–water partition coefficient (Wildman–Crippen LogP) is 2.54. The van der Waals surface area contributed by atoms with Crippen molar-refractivity contribution < 1.29 is 4.79 Å². The number of hydrogen-bond donors (Lipinski definition) is 3. The van der Waals surface area contributed by atoms with Crippen molar-refractivity contribution in [2.24, 2.45) is 5.84 Å². The number of benzene rings is 1. The molecule has 106 valence electrons. The van der Waals surface area contributed by atoms with E-state index in [1.54, 1.807) is 12.1 Å². The molecule has 21 heavy (non-hydrogen) atoms. The maximum Gasteiger partial charge on any atom is 0.257 e. The van der Waals surface area contributed by atoms with Gasteiger partial charge < -0.3 is 5.43 Å². The van der Waals surface area contributed by atoms with Crippen molar-refractivity contribution >= 4 is 38.4 Å². The number of hydrogen-bond acceptors (Lipinski definition) is 6. The fourth-order valence-electron chi connectivity index (χ4n) is 1.91. The SMILES string of the molecule is Cc1ccc2nc(NC(=O)c3ccnc(NN)c3)sc2c1. The lowest BCUT2D eigenvalue weighted by Crippen LogP contribution is -2.14. The minimum absolute atomic E-state index is 0.246. The largest absolute Gasteiger partial charge is 0.308 e. The van der Waals surface area contributed by atoms with Crippen LogP contribution >= 0.6 is 11.3 Å². The van der Waals surface area contributed by atoms with Crippen molar-refractivity contribution in [3.8, 4) is 0 Å². The van der Waals surface area contributed by atoms with Crippen LogP contribution in [0.4, 0.5) is 10.9 Å². The van der Waals surface area contributed by atoms with Gasteiger partial charge in [0, 0.05) is 11.8 Å². The molecule has 6 nitrogen and oxygen atoms in total. The zero-order chi connectivity index (χ0) is 14.8. The highest BCUT2D eigenvalue weighted by atomic mass is 32.1. The van der Waals surface area contributed by atoms with Crippen molar-refractivity contribution in [1.82, 2.24) is 9.97 Å². The van der Waals surface area contributed by atoms with E-state index in [1.165, 1.54) is 17.5 Å². The lowest BCUT2D eigenvalue weighted by molar-refractivity contribution is 0.102. The molecule has 3 rings (SSSR count). The van der Waals surface area contributed by atoms with Crippen LogP contribution in [0.15, 0.2) is 36.5 Å². The van der Waals surface area contributed by atoms with E-state index >= 15 is 0 Å². The second kappa shape index (κ2) is 5.47. The quantitative estimate of drug-likeness (QED) is 0.510. The molecular formula is C14H13N5OS. The Hall–Kier alpha value is -2.51. The first-order chi connectivity index (χ1) is 10.2. The number of nitrogens with zero attached hydrogens (tertiary/aromatic N) is 2. The fraction of sp³-hybridized carbons (Fsp3) is 0.0714. The highest BCUT2D eigenvalue weighted by Gasteiger charge is 2.10. The number of hydrazine groups is 1. The fourth-order valence-corrected chi connectivity index (χ4v) is 2.86. The third kappa shape index (κ3) is 2.83. The van der Waals surface area contributed by atoms with E-state index in [9.17, 15) is 4.79 Å². The summed E-state index contributed by atoms with van der Waals surface area (Å²) in [6.07, 6.45) is 1.52. The molecule has 0 saturated heterocycles. The summed E-state index contributed by atoms with van der Waals surface area (Å²) in [5.74, 6) is 5.47. The van der Waals surface area contributed by atoms with Crippen LogP contribution in [0.5, 0.6) is 0 Å². The van der Waals surface area contributed by atoms with E-state index in [-0.39, 0.29) is 5.91 Å². The maximum absolute atomic E-state index is 12.2. The Morgan fingerprint density at radius 1 is 1.29 bits per heavy atom. The van der Waals surface area contributed by atoms with Gasteiger partial charge in [-0.15, -0.1) is 0 Å². The average Bonchev–Trinajstić information content (AvgIpc) is 2.88. The first-order valence-corrected chi connectivity index (χ1v) is 7.08. The van der Waals surface area contributed by atoms with Crippen LogP contribution in [-0.2, 0) is 0 Å². The number of carbonyl (C=O) groups excluding carboxylic acids is 1. The molecule has 3 aromatic rings. The summed E-state index contributed by atoms with van der Waals surface area (Å²) < 4.78 is 1.05. The Kier molecular flexibility index (Phi) is 3.51. The van der Waals surface area contributed by atoms with Gasteiger partial charge in [0.05, 0.1) is 10.2 Å². The third-order valence-electron chi connectivity index (χ3n) is 2.93. The van der Waals surface area contributed by atoms with Crippen molar-refractivity contribution in [2.75, 3.05) is 10.7 Å². The molecule has 0 spiro atoms. The van der Waals surface area contributed by atoms with Gasteiger partial charge in [-0.05, 0) is 36.8 Å². The van der Waals surface area contributed by atoms with Crippen LogP contribution in [0.3, 0.4) is 0 Å². The topological polar surface area (TPSA) is 92.9 Å². The highest BCUT2D eigenvalue weighted by molar-refractivity contribution is 7.22. The number of pyridine rings is 1. The van der Waals surface area contributed by atoms with Gasteiger partial charge in [-0.2, -0.15) is 0 Å². The van der Waals surface area contributed by atoms with E-state index in [0.29, 0.717) is 16.5 Å². The maximum atomic E-state index is 12.2. The summed E-state index contributed by atoms with van der Waals surface area (Å²) in [5.41, 5.74) is 4.91. The molecule has 1 aromatic carbocycles. The van der Waals surface area contributed by atoms with Gasteiger partial charge in [-0.1, -0.05) is 17.4 Å². The summed E-state index contributed by atoms with van der Waals surface area (Å²) in [6.45, 7) is 2.02. The van der Waals surface area contributed by atoms with Gasteiger partial charge in [0.1, 0.15) is 5.82 Å². The molecule has 0 aliphatic rings. The Balaban J connectivity index is 1.85. The Bertz CT molecular complexity index is 814. The van der Waals surface area contributed by atoms with Crippen LogP contribution in [0.1, 0.15) is 15.9 Å². The number of fused-ring (bicyclic) bond motifs is 1. The zero-order valence-corrected chi connectivity index (χ0v) is 12.1. The molecule has 2 aromatic heterocycles. The molecule has 7 heteroatoms. The number of amides is 1. The monoisotopic (exact) mass is 299 g/mol. The Labute approximate surface area is 125 Å². The van der Waals surface area contributed by atoms with Gasteiger partial charge in [0.15, 0.2) is 5.13 Å². The summed E-state index contributed by atoms with van der Waals surface area (Å²) in [5, 5.41) is 3.36. The van der Waals surface area contributed by atoms with Crippen molar-refractivity contribution in [2.45, 2.75) is 6.92 Å². The number of carbonyl (C=O) groups is 1. The van der Waals surface area contributed by atoms with Crippen LogP contribution in [-0.4, -0.2) is 15.9 Å². The van der Waals surface area contributed by atoms with E-state index in [0.717, 1.165) is 15.8 Å². The van der Waals surface area contributed by atoms with Crippen molar-refractivity contribution in [1.29, 1.82) is 0 Å². The first kappa shape index (κ1) is 13.5. The van der Waals surface area contributed by atoms with E-state index in [2.05, 4.69) is 20.7 Å².